The molecule has 0 fully saturated rings. The first-order chi connectivity index (χ1) is 12.7. The molecular formula is C23H21N3. The van der Waals surface area contributed by atoms with Crippen LogP contribution in [0.1, 0.15) is 24.1 Å². The zero-order valence-electron chi connectivity index (χ0n) is 15.0. The Balaban J connectivity index is 1.78. The van der Waals surface area contributed by atoms with E-state index in [-0.39, 0.29) is 6.04 Å². The molecule has 3 heteroatoms. The Morgan fingerprint density at radius 2 is 1.46 bits per heavy atom. The molecule has 3 nitrogen and oxygen atoms in total. The van der Waals surface area contributed by atoms with Gasteiger partial charge in [-0.2, -0.15) is 0 Å². The van der Waals surface area contributed by atoms with E-state index in [2.05, 4.69) is 73.8 Å². The summed E-state index contributed by atoms with van der Waals surface area (Å²) in [4.78, 5) is 9.61. The minimum Gasteiger partial charge on any atom is -0.363 e. The summed E-state index contributed by atoms with van der Waals surface area (Å²) in [6.07, 6.45) is 0. The number of anilines is 1. The number of aryl methyl sites for hydroxylation is 1. The molecule has 26 heavy (non-hydrogen) atoms. The summed E-state index contributed by atoms with van der Waals surface area (Å²) in [5, 5.41) is 4.61. The lowest BCUT2D eigenvalue weighted by atomic mass is 10.1. The largest absolute Gasteiger partial charge is 0.363 e. The second kappa shape index (κ2) is 6.96. The number of nitrogens with zero attached hydrogens (tertiary/aromatic N) is 2. The summed E-state index contributed by atoms with van der Waals surface area (Å²) in [6.45, 7) is 4.23. The first-order valence-electron chi connectivity index (χ1n) is 8.86. The van der Waals surface area contributed by atoms with E-state index < -0.39 is 0 Å². The Kier molecular flexibility index (Phi) is 4.36. The van der Waals surface area contributed by atoms with Gasteiger partial charge in [-0.05, 0) is 31.5 Å². The molecule has 128 valence electrons. The molecular weight excluding hydrogens is 318 g/mol. The molecule has 0 aliphatic carbocycles. The average Bonchev–Trinajstić information content (AvgIpc) is 2.69. The highest BCUT2D eigenvalue weighted by Crippen LogP contribution is 2.27. The lowest BCUT2D eigenvalue weighted by Gasteiger charge is -2.17. The van der Waals surface area contributed by atoms with Crippen molar-refractivity contribution in [2.45, 2.75) is 19.9 Å². The Labute approximate surface area is 153 Å². The second-order valence-electron chi connectivity index (χ2n) is 6.56. The molecule has 1 N–H and O–H groups in total. The van der Waals surface area contributed by atoms with Gasteiger partial charge in [0.25, 0.3) is 0 Å². The maximum absolute atomic E-state index is 4.84. The van der Waals surface area contributed by atoms with Gasteiger partial charge >= 0.3 is 0 Å². The van der Waals surface area contributed by atoms with Crippen LogP contribution < -0.4 is 5.32 Å². The molecule has 1 atom stereocenters. The molecule has 0 bridgehead atoms. The van der Waals surface area contributed by atoms with Crippen LogP contribution in [0.4, 0.5) is 5.82 Å². The van der Waals surface area contributed by atoms with Crippen molar-refractivity contribution in [1.29, 1.82) is 0 Å². The molecule has 0 spiro atoms. The van der Waals surface area contributed by atoms with Gasteiger partial charge < -0.3 is 5.32 Å². The number of hydrogen-bond acceptors (Lipinski definition) is 3. The van der Waals surface area contributed by atoms with Crippen LogP contribution in [0.3, 0.4) is 0 Å². The highest BCUT2D eigenvalue weighted by atomic mass is 15.0. The van der Waals surface area contributed by atoms with Crippen LogP contribution in [0.25, 0.3) is 22.3 Å². The van der Waals surface area contributed by atoms with Gasteiger partial charge in [0.1, 0.15) is 5.82 Å². The van der Waals surface area contributed by atoms with Crippen LogP contribution in [-0.2, 0) is 0 Å². The molecule has 0 amide bonds. The second-order valence-corrected chi connectivity index (χ2v) is 6.56. The SMILES string of the molecule is Cc1ccc(-c2nc(N[C@@H](C)c3ccccc3)c3ccccc3n2)cc1. The minimum absolute atomic E-state index is 0.153. The summed E-state index contributed by atoms with van der Waals surface area (Å²) < 4.78 is 0. The van der Waals surface area contributed by atoms with E-state index in [9.17, 15) is 0 Å². The first kappa shape index (κ1) is 16.3. The monoisotopic (exact) mass is 339 g/mol. The fraction of sp³-hybridized carbons (Fsp3) is 0.130. The molecule has 0 aliphatic rings. The van der Waals surface area contributed by atoms with Crippen molar-refractivity contribution in [3.8, 4) is 11.4 Å². The number of para-hydroxylation sites is 1. The van der Waals surface area contributed by atoms with Gasteiger partial charge in [0.05, 0.1) is 5.52 Å². The molecule has 0 saturated carbocycles. The normalized spacial score (nSPS) is 12.1. The predicted molar refractivity (Wildman–Crippen MR) is 108 cm³/mol. The highest BCUT2D eigenvalue weighted by molar-refractivity contribution is 5.90. The molecule has 3 aromatic carbocycles. The van der Waals surface area contributed by atoms with E-state index in [0.717, 1.165) is 28.1 Å². The molecule has 1 heterocycles. The third kappa shape index (κ3) is 3.29. The zero-order valence-corrected chi connectivity index (χ0v) is 15.0. The average molecular weight is 339 g/mol. The Morgan fingerprint density at radius 3 is 2.23 bits per heavy atom. The van der Waals surface area contributed by atoms with Crippen LogP contribution in [-0.4, -0.2) is 9.97 Å². The number of benzene rings is 3. The third-order valence-electron chi connectivity index (χ3n) is 4.57. The van der Waals surface area contributed by atoms with Crippen LogP contribution >= 0.6 is 0 Å². The lowest BCUT2D eigenvalue weighted by Crippen LogP contribution is -2.09. The van der Waals surface area contributed by atoms with E-state index in [4.69, 9.17) is 9.97 Å². The zero-order chi connectivity index (χ0) is 17.9. The van der Waals surface area contributed by atoms with Crippen molar-refractivity contribution < 1.29 is 0 Å². The summed E-state index contributed by atoms with van der Waals surface area (Å²) in [5.41, 5.74) is 4.43. The molecule has 0 radical (unpaired) electrons. The summed E-state index contributed by atoms with van der Waals surface area (Å²) >= 11 is 0. The number of hydrogen-bond donors (Lipinski definition) is 1. The molecule has 4 aromatic rings. The number of fused-ring (bicyclic) bond motifs is 1. The molecule has 4 rings (SSSR count). The van der Waals surface area contributed by atoms with Crippen LogP contribution in [0.15, 0.2) is 78.9 Å². The molecule has 1 aromatic heterocycles. The first-order valence-corrected chi connectivity index (χ1v) is 8.86. The minimum atomic E-state index is 0.153. The number of rotatable bonds is 4. The van der Waals surface area contributed by atoms with Gasteiger partial charge in [-0.15, -0.1) is 0 Å². The van der Waals surface area contributed by atoms with Crippen LogP contribution in [0.5, 0.6) is 0 Å². The topological polar surface area (TPSA) is 37.8 Å². The quantitative estimate of drug-likeness (QED) is 0.512. The maximum Gasteiger partial charge on any atom is 0.162 e. The highest BCUT2D eigenvalue weighted by Gasteiger charge is 2.12. The Morgan fingerprint density at radius 1 is 0.769 bits per heavy atom. The van der Waals surface area contributed by atoms with Gasteiger partial charge in [0.2, 0.25) is 0 Å². The number of nitrogens with one attached hydrogen (secondary N) is 1. The van der Waals surface area contributed by atoms with E-state index in [1.807, 2.05) is 24.3 Å². The predicted octanol–water partition coefficient (Wildman–Crippen LogP) is 5.78. The fourth-order valence-corrected chi connectivity index (χ4v) is 3.05. The van der Waals surface area contributed by atoms with Crippen LogP contribution in [0, 0.1) is 6.92 Å². The van der Waals surface area contributed by atoms with Crippen molar-refractivity contribution in [2.75, 3.05) is 5.32 Å². The van der Waals surface area contributed by atoms with Gasteiger partial charge in [-0.3, -0.25) is 0 Å². The van der Waals surface area contributed by atoms with Gasteiger partial charge in [0.15, 0.2) is 5.82 Å². The van der Waals surface area contributed by atoms with Crippen molar-refractivity contribution in [2.24, 2.45) is 0 Å². The fourth-order valence-electron chi connectivity index (χ4n) is 3.05. The lowest BCUT2D eigenvalue weighted by molar-refractivity contribution is 0.876. The maximum atomic E-state index is 4.84. The Hall–Kier alpha value is -3.20. The van der Waals surface area contributed by atoms with Gasteiger partial charge in [-0.1, -0.05) is 72.3 Å². The summed E-state index contributed by atoms with van der Waals surface area (Å²) in [5.74, 6) is 1.61. The van der Waals surface area contributed by atoms with Crippen molar-refractivity contribution in [1.82, 2.24) is 9.97 Å². The van der Waals surface area contributed by atoms with Gasteiger partial charge in [0, 0.05) is 17.0 Å². The van der Waals surface area contributed by atoms with Gasteiger partial charge in [-0.25, -0.2) is 9.97 Å². The smallest absolute Gasteiger partial charge is 0.162 e. The molecule has 0 unspecified atom stereocenters. The van der Waals surface area contributed by atoms with E-state index in [1.165, 1.54) is 11.1 Å². The van der Waals surface area contributed by atoms with E-state index in [0.29, 0.717) is 0 Å². The third-order valence-corrected chi connectivity index (χ3v) is 4.57. The van der Waals surface area contributed by atoms with Crippen LogP contribution in [0.2, 0.25) is 0 Å². The van der Waals surface area contributed by atoms with Crippen molar-refractivity contribution in [3.63, 3.8) is 0 Å². The van der Waals surface area contributed by atoms with Crippen molar-refractivity contribution in [3.05, 3.63) is 90.0 Å². The standard InChI is InChI=1S/C23H21N3/c1-16-12-14-19(15-13-16)22-25-21-11-7-6-10-20(21)23(26-22)24-17(2)18-8-4-3-5-9-18/h3-15,17H,1-2H3,(H,24,25,26)/t17-/m0/s1. The molecule has 0 aliphatic heterocycles. The summed E-state index contributed by atoms with van der Waals surface area (Å²) in [7, 11) is 0. The summed E-state index contributed by atoms with van der Waals surface area (Å²) in [6, 6.07) is 27.0. The van der Waals surface area contributed by atoms with E-state index in [1.54, 1.807) is 0 Å². The van der Waals surface area contributed by atoms with Crippen molar-refractivity contribution >= 4 is 16.7 Å². The Bertz CT molecular complexity index is 1020. The molecule has 0 saturated heterocycles. The number of aromatic nitrogens is 2. The van der Waals surface area contributed by atoms with E-state index >= 15 is 0 Å².